The molecule has 0 aliphatic rings. The molecule has 0 fully saturated rings. The largest absolute Gasteiger partial charge is 0.241 e. The normalized spacial score (nSPS) is 12.1. The fraction of sp³-hybridized carbons (Fsp3) is 0.538. The number of sulfonamides is 1. The Morgan fingerprint density at radius 2 is 1.89 bits per heavy atom. The average Bonchev–Trinajstić information content (AvgIpc) is 2.27. The van der Waals surface area contributed by atoms with E-state index in [1.807, 2.05) is 0 Å². The number of hydrogen-bond donors (Lipinski definition) is 1. The predicted octanol–water partition coefficient (Wildman–Crippen LogP) is 4.32. The van der Waals surface area contributed by atoms with Gasteiger partial charge < -0.3 is 0 Å². The summed E-state index contributed by atoms with van der Waals surface area (Å²) in [7, 11) is -3.43. The Kier molecular flexibility index (Phi) is 7.00. The highest BCUT2D eigenvalue weighted by Crippen LogP contribution is 2.25. The van der Waals surface area contributed by atoms with Gasteiger partial charge in [0.2, 0.25) is 10.0 Å². The van der Waals surface area contributed by atoms with Crippen molar-refractivity contribution in [1.29, 1.82) is 0 Å². The topological polar surface area (TPSA) is 46.2 Å². The Bertz CT molecular complexity index is 515. The zero-order valence-electron chi connectivity index (χ0n) is 11.1. The lowest BCUT2D eigenvalue weighted by Gasteiger charge is -2.09. The van der Waals surface area contributed by atoms with Crippen LogP contribution in [0.3, 0.4) is 0 Å². The van der Waals surface area contributed by atoms with Crippen LogP contribution in [0.5, 0.6) is 0 Å². The molecule has 0 saturated heterocycles. The van der Waals surface area contributed by atoms with Crippen molar-refractivity contribution < 1.29 is 8.42 Å². The molecule has 1 aromatic carbocycles. The van der Waals surface area contributed by atoms with Crippen LogP contribution in [0.4, 0.5) is 0 Å². The third-order valence-electron chi connectivity index (χ3n) is 2.68. The van der Waals surface area contributed by atoms with Crippen molar-refractivity contribution in [2.24, 2.45) is 5.92 Å². The molecule has 3 nitrogen and oxygen atoms in total. The SMILES string of the molecule is CC(C)CCCCNS(=O)(=O)c1ccc(Br)cc1Br. The molecule has 0 aliphatic heterocycles. The molecular formula is C13H19Br2NO2S. The Balaban J connectivity index is 2.56. The van der Waals surface area contributed by atoms with Gasteiger partial charge in [-0.3, -0.25) is 0 Å². The van der Waals surface area contributed by atoms with Gasteiger partial charge in [-0.1, -0.05) is 42.6 Å². The number of hydrogen-bond acceptors (Lipinski definition) is 2. The molecule has 0 radical (unpaired) electrons. The van der Waals surface area contributed by atoms with Gasteiger partial charge in [-0.05, 0) is 46.5 Å². The molecule has 0 unspecified atom stereocenters. The molecule has 1 N–H and O–H groups in total. The first-order chi connectivity index (χ1) is 8.83. The summed E-state index contributed by atoms with van der Waals surface area (Å²) in [6, 6.07) is 5.04. The van der Waals surface area contributed by atoms with Gasteiger partial charge in [-0.15, -0.1) is 0 Å². The highest BCUT2D eigenvalue weighted by molar-refractivity contribution is 9.11. The van der Waals surface area contributed by atoms with E-state index >= 15 is 0 Å². The van der Waals surface area contributed by atoms with E-state index in [0.717, 1.165) is 23.7 Å². The molecule has 1 aromatic rings. The van der Waals surface area contributed by atoms with Gasteiger partial charge in [-0.25, -0.2) is 13.1 Å². The minimum absolute atomic E-state index is 0.277. The Labute approximate surface area is 132 Å². The summed E-state index contributed by atoms with van der Waals surface area (Å²) >= 11 is 6.58. The second kappa shape index (κ2) is 7.76. The summed E-state index contributed by atoms with van der Waals surface area (Å²) in [5.41, 5.74) is 0. The number of nitrogens with one attached hydrogen (secondary N) is 1. The minimum atomic E-state index is -3.43. The van der Waals surface area contributed by atoms with E-state index in [9.17, 15) is 8.42 Å². The standard InChI is InChI=1S/C13H19Br2NO2S/c1-10(2)5-3-4-8-16-19(17,18)13-7-6-11(14)9-12(13)15/h6-7,9-10,16H,3-5,8H2,1-2H3. The van der Waals surface area contributed by atoms with Crippen molar-refractivity contribution in [3.05, 3.63) is 27.1 Å². The third-order valence-corrected chi connectivity index (χ3v) is 5.61. The van der Waals surface area contributed by atoms with Gasteiger partial charge in [0.25, 0.3) is 0 Å². The molecular weight excluding hydrogens is 394 g/mol. The van der Waals surface area contributed by atoms with Crippen LogP contribution in [0, 0.1) is 5.92 Å². The molecule has 0 atom stereocenters. The van der Waals surface area contributed by atoms with Gasteiger partial charge in [0.1, 0.15) is 0 Å². The maximum atomic E-state index is 12.1. The van der Waals surface area contributed by atoms with E-state index in [4.69, 9.17) is 0 Å². The highest BCUT2D eigenvalue weighted by atomic mass is 79.9. The second-order valence-electron chi connectivity index (χ2n) is 4.86. The summed E-state index contributed by atoms with van der Waals surface area (Å²) in [5.74, 6) is 0.664. The van der Waals surface area contributed by atoms with Crippen LogP contribution in [0.25, 0.3) is 0 Å². The number of rotatable bonds is 7. The Morgan fingerprint density at radius 1 is 1.21 bits per heavy atom. The lowest BCUT2D eigenvalue weighted by Crippen LogP contribution is -2.25. The van der Waals surface area contributed by atoms with Gasteiger partial charge in [-0.2, -0.15) is 0 Å². The summed E-state index contributed by atoms with van der Waals surface area (Å²) in [6.45, 7) is 4.82. The van der Waals surface area contributed by atoms with Crippen LogP contribution in [-0.2, 0) is 10.0 Å². The first-order valence-corrected chi connectivity index (χ1v) is 9.34. The molecule has 108 valence electrons. The van der Waals surface area contributed by atoms with Crippen molar-refractivity contribution in [3.8, 4) is 0 Å². The summed E-state index contributed by atoms with van der Waals surface area (Å²) < 4.78 is 28.3. The third kappa shape index (κ3) is 5.94. The molecule has 0 saturated carbocycles. The maximum absolute atomic E-state index is 12.1. The molecule has 0 heterocycles. The summed E-state index contributed by atoms with van der Waals surface area (Å²) in [4.78, 5) is 0.277. The zero-order chi connectivity index (χ0) is 14.5. The smallest absolute Gasteiger partial charge is 0.211 e. The van der Waals surface area contributed by atoms with E-state index in [2.05, 4.69) is 50.4 Å². The maximum Gasteiger partial charge on any atom is 0.241 e. The number of benzene rings is 1. The van der Waals surface area contributed by atoms with Gasteiger partial charge in [0, 0.05) is 15.5 Å². The molecule has 19 heavy (non-hydrogen) atoms. The zero-order valence-corrected chi connectivity index (χ0v) is 15.1. The lowest BCUT2D eigenvalue weighted by atomic mass is 10.1. The fourth-order valence-corrected chi connectivity index (χ4v) is 4.47. The fourth-order valence-electron chi connectivity index (χ4n) is 1.66. The molecule has 0 bridgehead atoms. The van der Waals surface area contributed by atoms with Crippen LogP contribution in [0.1, 0.15) is 33.1 Å². The van der Waals surface area contributed by atoms with Gasteiger partial charge in [0.15, 0.2) is 0 Å². The molecule has 0 aromatic heterocycles. The van der Waals surface area contributed by atoms with Crippen molar-refractivity contribution in [2.45, 2.75) is 38.0 Å². The lowest BCUT2D eigenvalue weighted by molar-refractivity contribution is 0.530. The molecule has 0 aliphatic carbocycles. The average molecular weight is 413 g/mol. The molecule has 6 heteroatoms. The van der Waals surface area contributed by atoms with Gasteiger partial charge >= 0.3 is 0 Å². The van der Waals surface area contributed by atoms with Crippen LogP contribution >= 0.6 is 31.9 Å². The van der Waals surface area contributed by atoms with Crippen LogP contribution in [-0.4, -0.2) is 15.0 Å². The Morgan fingerprint density at radius 3 is 2.47 bits per heavy atom. The van der Waals surface area contributed by atoms with Crippen molar-refractivity contribution in [3.63, 3.8) is 0 Å². The van der Waals surface area contributed by atoms with Crippen LogP contribution in [0.2, 0.25) is 0 Å². The quantitative estimate of drug-likeness (QED) is 0.678. The van der Waals surface area contributed by atoms with Crippen LogP contribution < -0.4 is 4.72 Å². The van der Waals surface area contributed by atoms with Crippen molar-refractivity contribution >= 4 is 41.9 Å². The van der Waals surface area contributed by atoms with E-state index in [1.54, 1.807) is 18.2 Å². The van der Waals surface area contributed by atoms with Gasteiger partial charge in [0.05, 0.1) is 4.90 Å². The second-order valence-corrected chi connectivity index (χ2v) is 8.37. The Hall–Kier alpha value is 0.0900. The number of halogens is 2. The summed E-state index contributed by atoms with van der Waals surface area (Å²) in [5, 5.41) is 0. The highest BCUT2D eigenvalue weighted by Gasteiger charge is 2.16. The van der Waals surface area contributed by atoms with E-state index in [1.165, 1.54) is 0 Å². The first-order valence-electron chi connectivity index (χ1n) is 6.27. The molecule has 0 amide bonds. The predicted molar refractivity (Wildman–Crippen MR) is 85.7 cm³/mol. The van der Waals surface area contributed by atoms with E-state index in [-0.39, 0.29) is 4.90 Å². The van der Waals surface area contributed by atoms with E-state index < -0.39 is 10.0 Å². The van der Waals surface area contributed by atoms with E-state index in [0.29, 0.717) is 16.9 Å². The molecule has 1 rings (SSSR count). The van der Waals surface area contributed by atoms with Crippen LogP contribution in [0.15, 0.2) is 32.0 Å². The number of unbranched alkanes of at least 4 members (excludes halogenated alkanes) is 1. The monoisotopic (exact) mass is 411 g/mol. The minimum Gasteiger partial charge on any atom is -0.211 e. The summed E-state index contributed by atoms with van der Waals surface area (Å²) in [6.07, 6.45) is 3.04. The van der Waals surface area contributed by atoms with Crippen molar-refractivity contribution in [2.75, 3.05) is 6.54 Å². The first kappa shape index (κ1) is 17.1. The van der Waals surface area contributed by atoms with Crippen molar-refractivity contribution in [1.82, 2.24) is 4.72 Å². The molecule has 0 spiro atoms.